The number of likely N-dealkylation sites (N-methyl/N-ethyl adjacent to an activating group) is 1. The van der Waals surface area contributed by atoms with E-state index in [1.165, 1.54) is 11.3 Å². The lowest BCUT2D eigenvalue weighted by molar-refractivity contribution is 0.475. The first-order chi connectivity index (χ1) is 8.20. The second-order valence-corrected chi connectivity index (χ2v) is 4.99. The number of hydrogen-bond acceptors (Lipinski definition) is 5. The van der Waals surface area contributed by atoms with Crippen molar-refractivity contribution in [1.29, 1.82) is 0 Å². The number of aromatic nitrogens is 2. The first-order valence-electron chi connectivity index (χ1n) is 5.16. The van der Waals surface area contributed by atoms with E-state index >= 15 is 0 Å². The molecule has 17 heavy (non-hydrogen) atoms. The number of hydrogen-bond donors (Lipinski definition) is 2. The normalized spacial score (nSPS) is 10.7. The molecule has 0 spiro atoms. The number of phenols is 1. The minimum absolute atomic E-state index is 0.177. The summed E-state index contributed by atoms with van der Waals surface area (Å²) in [7, 11) is 1.90. The van der Waals surface area contributed by atoms with Gasteiger partial charge >= 0.3 is 0 Å². The Kier molecular flexibility index (Phi) is 3.93. The SMILES string of the molecule is CNCCc1nnc(-c2cc(O)ccc2Cl)s1. The molecule has 1 aromatic heterocycles. The van der Waals surface area contributed by atoms with Gasteiger partial charge < -0.3 is 10.4 Å². The number of phenolic OH excluding ortho intramolecular Hbond substituents is 1. The Hall–Kier alpha value is -1.17. The van der Waals surface area contributed by atoms with Gasteiger partial charge in [0.25, 0.3) is 0 Å². The van der Waals surface area contributed by atoms with Crippen molar-refractivity contribution >= 4 is 22.9 Å². The average Bonchev–Trinajstić information content (AvgIpc) is 2.78. The molecule has 0 atom stereocenters. The van der Waals surface area contributed by atoms with Gasteiger partial charge in [0.1, 0.15) is 15.8 Å². The standard InChI is InChI=1S/C11H12ClN3OS/c1-13-5-4-10-14-15-11(17-10)8-6-7(16)2-3-9(8)12/h2-3,6,13,16H,4-5H2,1H3. The molecule has 0 amide bonds. The van der Waals surface area contributed by atoms with Crippen molar-refractivity contribution in [3.63, 3.8) is 0 Å². The van der Waals surface area contributed by atoms with Crippen molar-refractivity contribution in [2.75, 3.05) is 13.6 Å². The Labute approximate surface area is 108 Å². The van der Waals surface area contributed by atoms with Crippen LogP contribution in [0.3, 0.4) is 0 Å². The van der Waals surface area contributed by atoms with Crippen LogP contribution in [0.15, 0.2) is 18.2 Å². The predicted octanol–water partition coefficient (Wildman–Crippen LogP) is 2.33. The number of nitrogens with one attached hydrogen (secondary N) is 1. The highest BCUT2D eigenvalue weighted by Gasteiger charge is 2.10. The van der Waals surface area contributed by atoms with Crippen LogP contribution in [0, 0.1) is 0 Å². The van der Waals surface area contributed by atoms with Crippen molar-refractivity contribution < 1.29 is 5.11 Å². The number of benzene rings is 1. The summed E-state index contributed by atoms with van der Waals surface area (Å²) in [5.41, 5.74) is 0.722. The fourth-order valence-corrected chi connectivity index (χ4v) is 2.51. The molecule has 6 heteroatoms. The highest BCUT2D eigenvalue weighted by atomic mass is 35.5. The molecule has 0 aliphatic rings. The van der Waals surface area contributed by atoms with Crippen molar-refractivity contribution in [2.45, 2.75) is 6.42 Å². The van der Waals surface area contributed by atoms with Gasteiger partial charge in [-0.1, -0.05) is 22.9 Å². The molecule has 1 aromatic carbocycles. The predicted molar refractivity (Wildman–Crippen MR) is 69.7 cm³/mol. The molecule has 0 aliphatic carbocycles. The van der Waals surface area contributed by atoms with E-state index < -0.39 is 0 Å². The summed E-state index contributed by atoms with van der Waals surface area (Å²) < 4.78 is 0. The first-order valence-corrected chi connectivity index (χ1v) is 6.36. The number of rotatable bonds is 4. The molecular formula is C11H12ClN3OS. The minimum Gasteiger partial charge on any atom is -0.508 e. The zero-order valence-corrected chi connectivity index (χ0v) is 10.8. The van der Waals surface area contributed by atoms with Crippen LogP contribution in [-0.4, -0.2) is 28.9 Å². The Morgan fingerprint density at radius 3 is 3.00 bits per heavy atom. The van der Waals surface area contributed by atoms with Gasteiger partial charge in [0.15, 0.2) is 0 Å². The molecular weight excluding hydrogens is 258 g/mol. The summed E-state index contributed by atoms with van der Waals surface area (Å²) in [5.74, 6) is 0.177. The summed E-state index contributed by atoms with van der Waals surface area (Å²) in [5, 5.41) is 22.9. The molecule has 0 bridgehead atoms. The zero-order valence-electron chi connectivity index (χ0n) is 9.27. The van der Waals surface area contributed by atoms with Crippen LogP contribution in [0.1, 0.15) is 5.01 Å². The van der Waals surface area contributed by atoms with E-state index in [2.05, 4.69) is 15.5 Å². The molecule has 2 N–H and O–H groups in total. The number of nitrogens with zero attached hydrogens (tertiary/aromatic N) is 2. The Bertz CT molecular complexity index is 515. The Morgan fingerprint density at radius 2 is 2.24 bits per heavy atom. The van der Waals surface area contributed by atoms with E-state index in [9.17, 15) is 5.11 Å². The molecule has 0 saturated carbocycles. The van der Waals surface area contributed by atoms with E-state index in [-0.39, 0.29) is 5.75 Å². The van der Waals surface area contributed by atoms with Gasteiger partial charge in [0.05, 0.1) is 5.02 Å². The van der Waals surface area contributed by atoms with E-state index in [1.807, 2.05) is 7.05 Å². The zero-order chi connectivity index (χ0) is 12.3. The monoisotopic (exact) mass is 269 g/mol. The molecule has 0 radical (unpaired) electrons. The fraction of sp³-hybridized carbons (Fsp3) is 0.273. The van der Waals surface area contributed by atoms with Crippen LogP contribution < -0.4 is 5.32 Å². The van der Waals surface area contributed by atoms with Crippen LogP contribution in [0.4, 0.5) is 0 Å². The van der Waals surface area contributed by atoms with Gasteiger partial charge in [0, 0.05) is 18.5 Å². The third kappa shape index (κ3) is 2.94. The van der Waals surface area contributed by atoms with Crippen LogP contribution in [0.5, 0.6) is 5.75 Å². The molecule has 90 valence electrons. The topological polar surface area (TPSA) is 58.0 Å². The third-order valence-corrected chi connectivity index (χ3v) is 3.58. The molecule has 0 fully saturated rings. The van der Waals surface area contributed by atoms with Gasteiger partial charge in [-0.05, 0) is 25.2 Å². The molecule has 0 unspecified atom stereocenters. The van der Waals surface area contributed by atoms with Crippen molar-refractivity contribution in [3.05, 3.63) is 28.2 Å². The maximum atomic E-state index is 9.43. The van der Waals surface area contributed by atoms with Crippen LogP contribution in [0.2, 0.25) is 5.02 Å². The van der Waals surface area contributed by atoms with E-state index in [4.69, 9.17) is 11.6 Å². The largest absolute Gasteiger partial charge is 0.508 e. The Balaban J connectivity index is 2.27. The molecule has 2 rings (SSSR count). The van der Waals surface area contributed by atoms with Crippen LogP contribution in [0.25, 0.3) is 10.6 Å². The average molecular weight is 270 g/mol. The molecule has 0 saturated heterocycles. The van der Waals surface area contributed by atoms with E-state index in [0.717, 1.165) is 28.5 Å². The molecule has 2 aromatic rings. The summed E-state index contributed by atoms with van der Waals surface area (Å²) >= 11 is 7.55. The van der Waals surface area contributed by atoms with Crippen molar-refractivity contribution in [3.8, 4) is 16.3 Å². The Morgan fingerprint density at radius 1 is 1.41 bits per heavy atom. The second-order valence-electron chi connectivity index (χ2n) is 3.52. The maximum Gasteiger partial charge on any atom is 0.149 e. The van der Waals surface area contributed by atoms with Gasteiger partial charge in [-0.25, -0.2) is 0 Å². The molecule has 4 nitrogen and oxygen atoms in total. The quantitative estimate of drug-likeness (QED) is 0.894. The highest BCUT2D eigenvalue weighted by Crippen LogP contribution is 2.32. The number of halogens is 1. The van der Waals surface area contributed by atoms with E-state index in [1.54, 1.807) is 18.2 Å². The van der Waals surface area contributed by atoms with Crippen molar-refractivity contribution in [1.82, 2.24) is 15.5 Å². The maximum absolute atomic E-state index is 9.43. The number of aromatic hydroxyl groups is 1. The van der Waals surface area contributed by atoms with E-state index in [0.29, 0.717) is 5.02 Å². The summed E-state index contributed by atoms with van der Waals surface area (Å²) in [6.07, 6.45) is 0.838. The lowest BCUT2D eigenvalue weighted by Crippen LogP contribution is -2.09. The summed E-state index contributed by atoms with van der Waals surface area (Å²) in [6, 6.07) is 4.81. The smallest absolute Gasteiger partial charge is 0.149 e. The van der Waals surface area contributed by atoms with Crippen molar-refractivity contribution in [2.24, 2.45) is 0 Å². The fourth-order valence-electron chi connectivity index (χ4n) is 1.37. The van der Waals surface area contributed by atoms with Gasteiger partial charge in [-0.3, -0.25) is 0 Å². The second kappa shape index (κ2) is 5.44. The van der Waals surface area contributed by atoms with Crippen LogP contribution in [-0.2, 0) is 6.42 Å². The third-order valence-electron chi connectivity index (χ3n) is 2.24. The van der Waals surface area contributed by atoms with Gasteiger partial charge in [-0.2, -0.15) is 0 Å². The first kappa shape index (κ1) is 12.3. The molecule has 1 heterocycles. The summed E-state index contributed by atoms with van der Waals surface area (Å²) in [6.45, 7) is 0.863. The lowest BCUT2D eigenvalue weighted by Gasteiger charge is -1.99. The van der Waals surface area contributed by atoms with Gasteiger partial charge in [-0.15, -0.1) is 10.2 Å². The lowest BCUT2D eigenvalue weighted by atomic mass is 10.2. The molecule has 0 aliphatic heterocycles. The van der Waals surface area contributed by atoms with Gasteiger partial charge in [0.2, 0.25) is 0 Å². The minimum atomic E-state index is 0.177. The van der Waals surface area contributed by atoms with Crippen LogP contribution >= 0.6 is 22.9 Å². The highest BCUT2D eigenvalue weighted by molar-refractivity contribution is 7.14. The summed E-state index contributed by atoms with van der Waals surface area (Å²) in [4.78, 5) is 0.